The van der Waals surface area contributed by atoms with Crippen LogP contribution in [0.2, 0.25) is 0 Å². The van der Waals surface area contributed by atoms with E-state index in [1.165, 1.54) is 0 Å². The first-order valence-electron chi connectivity index (χ1n) is 4.36. The van der Waals surface area contributed by atoms with Crippen LogP contribution in [0.5, 0.6) is 0 Å². The second-order valence-electron chi connectivity index (χ2n) is 2.99. The van der Waals surface area contributed by atoms with Crippen molar-refractivity contribution in [2.75, 3.05) is 6.61 Å². The molecule has 2 nitrogen and oxygen atoms in total. The molecule has 72 valence electrons. The second kappa shape index (κ2) is 5.37. The smallest absolute Gasteiger partial charge is 0.0431 e. The Labute approximate surface area is 86.9 Å². The molecule has 0 amide bonds. The molecule has 3 heteroatoms. The summed E-state index contributed by atoms with van der Waals surface area (Å²) in [5, 5.41) is 8.66. The van der Waals surface area contributed by atoms with Gasteiger partial charge in [0, 0.05) is 17.1 Å². The highest BCUT2D eigenvalue weighted by atomic mass is 79.9. The Morgan fingerprint density at radius 1 is 1.38 bits per heavy atom. The maximum absolute atomic E-state index is 8.66. The molecular weight excluding hydrogens is 230 g/mol. The van der Waals surface area contributed by atoms with Crippen LogP contribution in [0.15, 0.2) is 28.7 Å². The van der Waals surface area contributed by atoms with Gasteiger partial charge in [0.05, 0.1) is 0 Å². The van der Waals surface area contributed by atoms with E-state index in [1.807, 2.05) is 24.3 Å². The summed E-state index contributed by atoms with van der Waals surface area (Å²) < 4.78 is 1.04. The highest BCUT2D eigenvalue weighted by Gasteiger charge is 2.07. The molecule has 0 aliphatic carbocycles. The van der Waals surface area contributed by atoms with Crippen LogP contribution >= 0.6 is 15.9 Å². The van der Waals surface area contributed by atoms with E-state index in [4.69, 9.17) is 10.8 Å². The van der Waals surface area contributed by atoms with Crippen molar-refractivity contribution in [2.24, 2.45) is 5.73 Å². The van der Waals surface area contributed by atoms with Gasteiger partial charge in [0.1, 0.15) is 0 Å². The molecule has 0 aliphatic rings. The fourth-order valence-electron chi connectivity index (χ4n) is 1.24. The van der Waals surface area contributed by atoms with Crippen molar-refractivity contribution in [3.63, 3.8) is 0 Å². The molecule has 13 heavy (non-hydrogen) atoms. The fourth-order valence-corrected chi connectivity index (χ4v) is 1.82. The zero-order chi connectivity index (χ0) is 9.68. The van der Waals surface area contributed by atoms with Crippen LogP contribution in [-0.2, 0) is 0 Å². The summed E-state index contributed by atoms with van der Waals surface area (Å²) in [7, 11) is 0. The van der Waals surface area contributed by atoms with Crippen LogP contribution in [0, 0.1) is 0 Å². The van der Waals surface area contributed by atoms with E-state index < -0.39 is 0 Å². The quantitative estimate of drug-likeness (QED) is 0.853. The zero-order valence-electron chi connectivity index (χ0n) is 7.41. The molecule has 0 heterocycles. The molecule has 0 saturated heterocycles. The van der Waals surface area contributed by atoms with Gasteiger partial charge in [0.25, 0.3) is 0 Å². The molecule has 0 saturated carbocycles. The van der Waals surface area contributed by atoms with E-state index >= 15 is 0 Å². The minimum atomic E-state index is 0.0164. The summed E-state index contributed by atoms with van der Waals surface area (Å²) in [6, 6.07) is 7.94. The number of hydrogen-bond donors (Lipinski definition) is 2. The molecule has 1 atom stereocenters. The minimum Gasteiger partial charge on any atom is -0.396 e. The Balaban J connectivity index is 2.65. The van der Waals surface area contributed by atoms with E-state index in [9.17, 15) is 0 Å². The van der Waals surface area contributed by atoms with Crippen molar-refractivity contribution in [3.8, 4) is 0 Å². The first-order chi connectivity index (χ1) is 6.25. The summed E-state index contributed by atoms with van der Waals surface area (Å²) in [4.78, 5) is 0. The Bertz CT molecular complexity index is 265. The number of hydrogen-bond acceptors (Lipinski definition) is 2. The third-order valence-corrected chi connectivity index (χ3v) is 2.70. The van der Waals surface area contributed by atoms with Crippen molar-refractivity contribution in [1.29, 1.82) is 0 Å². The van der Waals surface area contributed by atoms with Gasteiger partial charge in [-0.2, -0.15) is 0 Å². The SMILES string of the molecule is N[C@H](CCCO)c1ccccc1Br. The highest BCUT2D eigenvalue weighted by Crippen LogP contribution is 2.24. The maximum atomic E-state index is 8.66. The summed E-state index contributed by atoms with van der Waals surface area (Å²) >= 11 is 3.45. The van der Waals surface area contributed by atoms with E-state index in [0.29, 0.717) is 0 Å². The van der Waals surface area contributed by atoms with Crippen molar-refractivity contribution in [1.82, 2.24) is 0 Å². The molecule has 0 bridgehead atoms. The number of aliphatic hydroxyl groups excluding tert-OH is 1. The molecule has 0 spiro atoms. The van der Waals surface area contributed by atoms with Crippen LogP contribution < -0.4 is 5.73 Å². The van der Waals surface area contributed by atoms with Gasteiger partial charge in [-0.1, -0.05) is 34.1 Å². The standard InChI is InChI=1S/C10H14BrNO/c11-9-5-2-1-4-8(9)10(12)6-3-7-13/h1-2,4-5,10,13H,3,6-7,12H2/t10-/m1/s1. The van der Waals surface area contributed by atoms with Crippen molar-refractivity contribution < 1.29 is 5.11 Å². The predicted octanol–water partition coefficient (Wildman–Crippen LogP) is 2.22. The van der Waals surface area contributed by atoms with Crippen LogP contribution in [0.3, 0.4) is 0 Å². The lowest BCUT2D eigenvalue weighted by Crippen LogP contribution is -2.11. The summed E-state index contributed by atoms with van der Waals surface area (Å²) in [5.74, 6) is 0. The molecule has 0 unspecified atom stereocenters. The van der Waals surface area contributed by atoms with Crippen molar-refractivity contribution in [3.05, 3.63) is 34.3 Å². The van der Waals surface area contributed by atoms with Gasteiger partial charge in [-0.25, -0.2) is 0 Å². The third kappa shape index (κ3) is 3.10. The lowest BCUT2D eigenvalue weighted by atomic mass is 10.0. The van der Waals surface area contributed by atoms with Gasteiger partial charge < -0.3 is 10.8 Å². The Kier molecular flexibility index (Phi) is 4.42. The van der Waals surface area contributed by atoms with Crippen molar-refractivity contribution >= 4 is 15.9 Å². The Morgan fingerprint density at radius 3 is 2.69 bits per heavy atom. The number of benzene rings is 1. The normalized spacial score (nSPS) is 12.8. The topological polar surface area (TPSA) is 46.2 Å². The zero-order valence-corrected chi connectivity index (χ0v) is 9.00. The average Bonchev–Trinajstić information content (AvgIpc) is 2.15. The minimum absolute atomic E-state index is 0.0164. The number of aliphatic hydroxyl groups is 1. The summed E-state index contributed by atoms with van der Waals surface area (Å²) in [6.45, 7) is 0.207. The first kappa shape index (κ1) is 10.7. The van der Waals surface area contributed by atoms with Gasteiger partial charge in [0.15, 0.2) is 0 Å². The van der Waals surface area contributed by atoms with E-state index in [0.717, 1.165) is 22.9 Å². The average molecular weight is 244 g/mol. The largest absolute Gasteiger partial charge is 0.396 e. The number of halogens is 1. The Morgan fingerprint density at radius 2 is 2.08 bits per heavy atom. The molecular formula is C10H14BrNO. The maximum Gasteiger partial charge on any atom is 0.0431 e. The Hall–Kier alpha value is -0.380. The molecule has 0 radical (unpaired) electrons. The van der Waals surface area contributed by atoms with Crippen LogP contribution in [0.1, 0.15) is 24.4 Å². The van der Waals surface area contributed by atoms with Gasteiger partial charge in [-0.15, -0.1) is 0 Å². The molecule has 1 rings (SSSR count). The molecule has 1 aromatic carbocycles. The molecule has 0 aliphatic heterocycles. The number of nitrogens with two attached hydrogens (primary N) is 1. The van der Waals surface area contributed by atoms with Crippen LogP contribution in [0.25, 0.3) is 0 Å². The monoisotopic (exact) mass is 243 g/mol. The molecule has 0 aromatic heterocycles. The van der Waals surface area contributed by atoms with Gasteiger partial charge >= 0.3 is 0 Å². The van der Waals surface area contributed by atoms with E-state index in [2.05, 4.69) is 15.9 Å². The van der Waals surface area contributed by atoms with Crippen LogP contribution in [0.4, 0.5) is 0 Å². The fraction of sp³-hybridized carbons (Fsp3) is 0.400. The van der Waals surface area contributed by atoms with E-state index in [-0.39, 0.29) is 12.6 Å². The lowest BCUT2D eigenvalue weighted by molar-refractivity contribution is 0.280. The van der Waals surface area contributed by atoms with Crippen LogP contribution in [-0.4, -0.2) is 11.7 Å². The van der Waals surface area contributed by atoms with Gasteiger partial charge in [-0.05, 0) is 24.5 Å². The lowest BCUT2D eigenvalue weighted by Gasteiger charge is -2.12. The predicted molar refractivity (Wildman–Crippen MR) is 57.4 cm³/mol. The third-order valence-electron chi connectivity index (χ3n) is 1.98. The number of rotatable bonds is 4. The summed E-state index contributed by atoms with van der Waals surface area (Å²) in [6.07, 6.45) is 1.57. The summed E-state index contributed by atoms with van der Waals surface area (Å²) in [5.41, 5.74) is 7.05. The molecule has 3 N–H and O–H groups in total. The highest BCUT2D eigenvalue weighted by molar-refractivity contribution is 9.10. The van der Waals surface area contributed by atoms with Crippen molar-refractivity contribution in [2.45, 2.75) is 18.9 Å². The molecule has 0 fully saturated rings. The van der Waals surface area contributed by atoms with Gasteiger partial charge in [-0.3, -0.25) is 0 Å². The second-order valence-corrected chi connectivity index (χ2v) is 3.85. The molecule has 1 aromatic rings. The first-order valence-corrected chi connectivity index (χ1v) is 5.16. The van der Waals surface area contributed by atoms with E-state index in [1.54, 1.807) is 0 Å². The van der Waals surface area contributed by atoms with Gasteiger partial charge in [0.2, 0.25) is 0 Å².